The van der Waals surface area contributed by atoms with E-state index >= 15 is 0 Å². The van der Waals surface area contributed by atoms with Gasteiger partial charge in [-0.25, -0.2) is 4.98 Å². The van der Waals surface area contributed by atoms with Gasteiger partial charge in [0.15, 0.2) is 5.16 Å². The van der Waals surface area contributed by atoms with Crippen LogP contribution in [0.4, 0.5) is 0 Å². The lowest BCUT2D eigenvalue weighted by atomic mass is 10.2. The third kappa shape index (κ3) is 4.69. The minimum Gasteiger partial charge on any atom is -0.316 e. The summed E-state index contributed by atoms with van der Waals surface area (Å²) in [6.07, 6.45) is 1.79. The Hall–Kier alpha value is -1.11. The molecule has 2 N–H and O–H groups in total. The molecule has 1 aromatic carbocycles. The van der Waals surface area contributed by atoms with Gasteiger partial charge in [0.1, 0.15) is 0 Å². The first-order chi connectivity index (χ1) is 10.1. The third-order valence-corrected chi connectivity index (χ3v) is 4.36. The average molecular weight is 368 g/mol. The molecule has 0 bridgehead atoms. The maximum atomic E-state index is 11.7. The standard InChI is InChI=1S/C15H18BrN3OS/c1-3-4-12-8-14(20)19-15(18-12)21-13-7-11(16)6-5-10(13)9-17-2/h5-8,17H,3-4,9H2,1-2H3,(H,18,19,20). The van der Waals surface area contributed by atoms with Crippen molar-refractivity contribution in [1.29, 1.82) is 0 Å². The van der Waals surface area contributed by atoms with Gasteiger partial charge in [-0.15, -0.1) is 0 Å². The molecular weight excluding hydrogens is 350 g/mol. The number of H-pyrrole nitrogens is 1. The second kappa shape index (κ2) is 7.77. The van der Waals surface area contributed by atoms with Crippen LogP contribution in [-0.2, 0) is 13.0 Å². The van der Waals surface area contributed by atoms with E-state index in [2.05, 4.69) is 44.2 Å². The van der Waals surface area contributed by atoms with Gasteiger partial charge in [0.25, 0.3) is 5.56 Å². The van der Waals surface area contributed by atoms with Gasteiger partial charge in [-0.3, -0.25) is 4.79 Å². The molecular formula is C15H18BrN3OS. The fraction of sp³-hybridized carbons (Fsp3) is 0.333. The Kier molecular flexibility index (Phi) is 6.02. The Balaban J connectivity index is 2.33. The lowest BCUT2D eigenvalue weighted by Gasteiger charge is -2.09. The van der Waals surface area contributed by atoms with Crippen molar-refractivity contribution in [3.8, 4) is 0 Å². The number of aromatic nitrogens is 2. The van der Waals surface area contributed by atoms with Crippen molar-refractivity contribution in [1.82, 2.24) is 15.3 Å². The molecule has 0 atom stereocenters. The van der Waals surface area contributed by atoms with Gasteiger partial charge in [-0.05, 0) is 31.2 Å². The fourth-order valence-corrected chi connectivity index (χ4v) is 3.47. The molecule has 0 saturated heterocycles. The predicted octanol–water partition coefficient (Wildman–Crippen LogP) is 3.36. The van der Waals surface area contributed by atoms with E-state index < -0.39 is 0 Å². The SMILES string of the molecule is CCCc1cc(=O)[nH]c(Sc2cc(Br)ccc2CNC)n1. The van der Waals surface area contributed by atoms with Crippen LogP contribution >= 0.6 is 27.7 Å². The van der Waals surface area contributed by atoms with E-state index in [9.17, 15) is 4.79 Å². The van der Waals surface area contributed by atoms with Crippen LogP contribution in [0.2, 0.25) is 0 Å². The summed E-state index contributed by atoms with van der Waals surface area (Å²) in [7, 11) is 1.92. The zero-order chi connectivity index (χ0) is 15.2. The summed E-state index contributed by atoms with van der Waals surface area (Å²) in [4.78, 5) is 20.1. The first-order valence-electron chi connectivity index (χ1n) is 6.83. The van der Waals surface area contributed by atoms with Crippen molar-refractivity contribution in [2.75, 3.05) is 7.05 Å². The average Bonchev–Trinajstić information content (AvgIpc) is 2.42. The number of hydrogen-bond acceptors (Lipinski definition) is 4. The van der Waals surface area contributed by atoms with E-state index in [0.29, 0.717) is 5.16 Å². The Labute approximate surface area is 136 Å². The number of halogens is 1. The smallest absolute Gasteiger partial charge is 0.251 e. The molecule has 2 aromatic rings. The molecule has 6 heteroatoms. The monoisotopic (exact) mass is 367 g/mol. The van der Waals surface area contributed by atoms with Crippen molar-refractivity contribution in [2.45, 2.75) is 36.4 Å². The quantitative estimate of drug-likeness (QED) is 0.768. The first kappa shape index (κ1) is 16.3. The molecule has 0 aliphatic heterocycles. The molecule has 0 fully saturated rings. The lowest BCUT2D eigenvalue weighted by Crippen LogP contribution is -2.10. The van der Waals surface area contributed by atoms with Crippen LogP contribution in [0.3, 0.4) is 0 Å². The Morgan fingerprint density at radius 1 is 1.38 bits per heavy atom. The van der Waals surface area contributed by atoms with Crippen LogP contribution in [0.25, 0.3) is 0 Å². The maximum absolute atomic E-state index is 11.7. The number of nitrogens with zero attached hydrogens (tertiary/aromatic N) is 1. The summed E-state index contributed by atoms with van der Waals surface area (Å²) >= 11 is 4.97. The Morgan fingerprint density at radius 2 is 2.19 bits per heavy atom. The molecule has 112 valence electrons. The first-order valence-corrected chi connectivity index (χ1v) is 8.44. The fourth-order valence-electron chi connectivity index (χ4n) is 1.98. The van der Waals surface area contributed by atoms with Crippen LogP contribution in [-0.4, -0.2) is 17.0 Å². The maximum Gasteiger partial charge on any atom is 0.251 e. The molecule has 0 amide bonds. The molecule has 0 aliphatic rings. The second-order valence-corrected chi connectivity index (χ2v) is 6.62. The van der Waals surface area contributed by atoms with Crippen molar-refractivity contribution in [3.05, 3.63) is 50.3 Å². The van der Waals surface area contributed by atoms with Gasteiger partial charge in [-0.2, -0.15) is 0 Å². The van der Waals surface area contributed by atoms with E-state index in [1.54, 1.807) is 6.07 Å². The van der Waals surface area contributed by atoms with Gasteiger partial charge in [-0.1, -0.05) is 47.1 Å². The highest BCUT2D eigenvalue weighted by molar-refractivity contribution is 9.10. The minimum atomic E-state index is -0.0962. The highest BCUT2D eigenvalue weighted by Crippen LogP contribution is 2.30. The van der Waals surface area contributed by atoms with E-state index in [4.69, 9.17) is 0 Å². The molecule has 0 spiro atoms. The topological polar surface area (TPSA) is 57.8 Å². The van der Waals surface area contributed by atoms with E-state index in [-0.39, 0.29) is 5.56 Å². The number of benzene rings is 1. The van der Waals surface area contributed by atoms with Crippen LogP contribution in [0.15, 0.2) is 43.6 Å². The van der Waals surface area contributed by atoms with Crippen LogP contribution in [0.5, 0.6) is 0 Å². The number of nitrogens with one attached hydrogen (secondary N) is 2. The highest BCUT2D eigenvalue weighted by Gasteiger charge is 2.08. The molecule has 0 aliphatic carbocycles. The summed E-state index contributed by atoms with van der Waals surface area (Å²) in [5.74, 6) is 0. The number of aromatic amines is 1. The summed E-state index contributed by atoms with van der Waals surface area (Å²) < 4.78 is 1.01. The molecule has 1 heterocycles. The second-order valence-electron chi connectivity index (χ2n) is 4.68. The molecule has 2 rings (SSSR count). The van der Waals surface area contributed by atoms with Gasteiger partial charge in [0.05, 0.1) is 0 Å². The Bertz CT molecular complexity index is 672. The number of hydrogen-bond donors (Lipinski definition) is 2. The highest BCUT2D eigenvalue weighted by atomic mass is 79.9. The third-order valence-electron chi connectivity index (χ3n) is 2.88. The van der Waals surface area contributed by atoms with Gasteiger partial charge >= 0.3 is 0 Å². The van der Waals surface area contributed by atoms with Crippen LogP contribution in [0.1, 0.15) is 24.6 Å². The molecule has 0 saturated carbocycles. The van der Waals surface area contributed by atoms with Crippen LogP contribution in [0, 0.1) is 0 Å². The largest absolute Gasteiger partial charge is 0.316 e. The number of rotatable bonds is 6. The zero-order valence-electron chi connectivity index (χ0n) is 12.1. The van der Waals surface area contributed by atoms with E-state index in [1.165, 1.54) is 17.3 Å². The Morgan fingerprint density at radius 3 is 2.90 bits per heavy atom. The van der Waals surface area contributed by atoms with Crippen molar-refractivity contribution >= 4 is 27.7 Å². The number of aryl methyl sites for hydroxylation is 1. The molecule has 0 radical (unpaired) electrons. The van der Waals surface area contributed by atoms with E-state index in [0.717, 1.165) is 34.4 Å². The summed E-state index contributed by atoms with van der Waals surface area (Å²) in [5, 5.41) is 3.79. The summed E-state index contributed by atoms with van der Waals surface area (Å²) in [6.45, 7) is 2.85. The molecule has 4 nitrogen and oxygen atoms in total. The van der Waals surface area contributed by atoms with Gasteiger partial charge < -0.3 is 10.3 Å². The lowest BCUT2D eigenvalue weighted by molar-refractivity contribution is 0.798. The zero-order valence-corrected chi connectivity index (χ0v) is 14.5. The van der Waals surface area contributed by atoms with Crippen molar-refractivity contribution < 1.29 is 0 Å². The van der Waals surface area contributed by atoms with Crippen molar-refractivity contribution in [3.63, 3.8) is 0 Å². The molecule has 21 heavy (non-hydrogen) atoms. The summed E-state index contributed by atoms with van der Waals surface area (Å²) in [5.41, 5.74) is 1.92. The summed E-state index contributed by atoms with van der Waals surface area (Å²) in [6, 6.07) is 7.70. The molecule has 1 aromatic heterocycles. The predicted molar refractivity (Wildman–Crippen MR) is 89.9 cm³/mol. The van der Waals surface area contributed by atoms with E-state index in [1.807, 2.05) is 19.2 Å². The van der Waals surface area contributed by atoms with Crippen molar-refractivity contribution in [2.24, 2.45) is 0 Å². The normalized spacial score (nSPS) is 10.8. The van der Waals surface area contributed by atoms with Gasteiger partial charge in [0.2, 0.25) is 0 Å². The minimum absolute atomic E-state index is 0.0962. The van der Waals surface area contributed by atoms with Gasteiger partial charge in [0, 0.05) is 27.7 Å². The van der Waals surface area contributed by atoms with Crippen LogP contribution < -0.4 is 10.9 Å². The molecule has 0 unspecified atom stereocenters.